The van der Waals surface area contributed by atoms with Gasteiger partial charge in [-0.05, 0) is 18.1 Å². The molecular weight excluding hydrogens is 216 g/mol. The van der Waals surface area contributed by atoms with E-state index in [-0.39, 0.29) is 18.4 Å². The molecule has 0 atom stereocenters. The summed E-state index contributed by atoms with van der Waals surface area (Å²) in [5.41, 5.74) is 2.23. The summed E-state index contributed by atoms with van der Waals surface area (Å²) < 4.78 is 0. The van der Waals surface area contributed by atoms with Crippen LogP contribution in [0, 0.1) is 6.92 Å². The SMILES string of the molecule is CCC(=O)NCC(=O)NCc1ccccc1C. The molecule has 0 unspecified atom stereocenters. The Labute approximate surface area is 101 Å². The first-order chi connectivity index (χ1) is 8.13. The molecule has 0 heterocycles. The summed E-state index contributed by atoms with van der Waals surface area (Å²) in [5.74, 6) is -0.286. The van der Waals surface area contributed by atoms with Gasteiger partial charge in [0.2, 0.25) is 11.8 Å². The molecule has 4 heteroatoms. The van der Waals surface area contributed by atoms with Crippen molar-refractivity contribution in [2.45, 2.75) is 26.8 Å². The molecular formula is C13H18N2O2. The van der Waals surface area contributed by atoms with Gasteiger partial charge in [-0.3, -0.25) is 9.59 Å². The highest BCUT2D eigenvalue weighted by atomic mass is 16.2. The largest absolute Gasteiger partial charge is 0.350 e. The van der Waals surface area contributed by atoms with Crippen LogP contribution in [-0.4, -0.2) is 18.4 Å². The molecule has 0 fully saturated rings. The van der Waals surface area contributed by atoms with E-state index in [1.807, 2.05) is 31.2 Å². The molecule has 4 nitrogen and oxygen atoms in total. The van der Waals surface area contributed by atoms with Crippen molar-refractivity contribution >= 4 is 11.8 Å². The summed E-state index contributed by atoms with van der Waals surface area (Å²) in [6.45, 7) is 4.28. The van der Waals surface area contributed by atoms with Gasteiger partial charge in [-0.2, -0.15) is 0 Å². The number of hydrogen-bond acceptors (Lipinski definition) is 2. The molecule has 0 bridgehead atoms. The van der Waals surface area contributed by atoms with E-state index in [1.165, 1.54) is 0 Å². The van der Waals surface area contributed by atoms with Crippen molar-refractivity contribution in [1.29, 1.82) is 0 Å². The lowest BCUT2D eigenvalue weighted by molar-refractivity contribution is -0.126. The quantitative estimate of drug-likeness (QED) is 0.802. The normalized spacial score (nSPS) is 9.76. The van der Waals surface area contributed by atoms with Crippen LogP contribution in [0.2, 0.25) is 0 Å². The van der Waals surface area contributed by atoms with Gasteiger partial charge in [-0.15, -0.1) is 0 Å². The maximum absolute atomic E-state index is 11.4. The monoisotopic (exact) mass is 234 g/mol. The van der Waals surface area contributed by atoms with E-state index < -0.39 is 0 Å². The highest BCUT2D eigenvalue weighted by molar-refractivity contribution is 5.84. The molecule has 0 spiro atoms. The maximum Gasteiger partial charge on any atom is 0.239 e. The van der Waals surface area contributed by atoms with Crippen LogP contribution >= 0.6 is 0 Å². The minimum atomic E-state index is -0.171. The Bertz CT molecular complexity index is 402. The van der Waals surface area contributed by atoms with E-state index in [9.17, 15) is 9.59 Å². The smallest absolute Gasteiger partial charge is 0.239 e. The molecule has 0 radical (unpaired) electrons. The molecule has 0 saturated heterocycles. The molecule has 92 valence electrons. The Morgan fingerprint density at radius 3 is 2.47 bits per heavy atom. The van der Waals surface area contributed by atoms with Crippen molar-refractivity contribution < 1.29 is 9.59 Å². The van der Waals surface area contributed by atoms with Crippen LogP contribution in [0.1, 0.15) is 24.5 Å². The average molecular weight is 234 g/mol. The van der Waals surface area contributed by atoms with Crippen LogP contribution < -0.4 is 10.6 Å². The first kappa shape index (κ1) is 13.2. The summed E-state index contributed by atoms with van der Waals surface area (Å²) in [4.78, 5) is 22.4. The van der Waals surface area contributed by atoms with E-state index >= 15 is 0 Å². The number of carbonyl (C=O) groups is 2. The Morgan fingerprint density at radius 2 is 1.82 bits per heavy atom. The fourth-order valence-corrected chi connectivity index (χ4v) is 1.37. The van der Waals surface area contributed by atoms with Crippen molar-refractivity contribution in [3.05, 3.63) is 35.4 Å². The molecule has 2 amide bonds. The van der Waals surface area contributed by atoms with Gasteiger partial charge in [-0.1, -0.05) is 31.2 Å². The van der Waals surface area contributed by atoms with Gasteiger partial charge < -0.3 is 10.6 Å². The second-order valence-corrected chi connectivity index (χ2v) is 3.83. The zero-order valence-corrected chi connectivity index (χ0v) is 10.2. The van der Waals surface area contributed by atoms with Crippen LogP contribution in [0.25, 0.3) is 0 Å². The first-order valence-corrected chi connectivity index (χ1v) is 5.71. The van der Waals surface area contributed by atoms with Gasteiger partial charge in [0.05, 0.1) is 6.54 Å². The van der Waals surface area contributed by atoms with Crippen LogP contribution in [0.4, 0.5) is 0 Å². The van der Waals surface area contributed by atoms with E-state index in [1.54, 1.807) is 6.92 Å². The number of rotatable bonds is 5. The molecule has 0 aromatic heterocycles. The highest BCUT2D eigenvalue weighted by Gasteiger charge is 2.04. The second-order valence-electron chi connectivity index (χ2n) is 3.83. The molecule has 0 aliphatic carbocycles. The number of aryl methyl sites for hydroxylation is 1. The molecule has 0 aliphatic rings. The third-order valence-corrected chi connectivity index (χ3v) is 2.50. The minimum Gasteiger partial charge on any atom is -0.350 e. The number of amides is 2. The molecule has 2 N–H and O–H groups in total. The lowest BCUT2D eigenvalue weighted by Gasteiger charge is -2.08. The lowest BCUT2D eigenvalue weighted by Crippen LogP contribution is -2.36. The topological polar surface area (TPSA) is 58.2 Å². The van der Waals surface area contributed by atoms with Crippen molar-refractivity contribution in [2.24, 2.45) is 0 Å². The van der Waals surface area contributed by atoms with Crippen LogP contribution in [0.3, 0.4) is 0 Å². The van der Waals surface area contributed by atoms with E-state index in [0.717, 1.165) is 11.1 Å². The Morgan fingerprint density at radius 1 is 1.12 bits per heavy atom. The average Bonchev–Trinajstić information content (AvgIpc) is 2.35. The molecule has 1 aromatic carbocycles. The van der Waals surface area contributed by atoms with E-state index in [4.69, 9.17) is 0 Å². The number of nitrogens with one attached hydrogen (secondary N) is 2. The summed E-state index contributed by atoms with van der Waals surface area (Å²) >= 11 is 0. The summed E-state index contributed by atoms with van der Waals surface area (Å²) in [6, 6.07) is 7.87. The molecule has 0 saturated carbocycles. The van der Waals surface area contributed by atoms with E-state index in [0.29, 0.717) is 13.0 Å². The number of carbonyl (C=O) groups excluding carboxylic acids is 2. The van der Waals surface area contributed by atoms with Crippen LogP contribution in [-0.2, 0) is 16.1 Å². The maximum atomic E-state index is 11.4. The molecule has 0 aliphatic heterocycles. The number of hydrogen-bond donors (Lipinski definition) is 2. The summed E-state index contributed by atoms with van der Waals surface area (Å²) in [6.07, 6.45) is 0.394. The third kappa shape index (κ3) is 4.68. The van der Waals surface area contributed by atoms with Crippen molar-refractivity contribution in [2.75, 3.05) is 6.54 Å². The predicted octanol–water partition coefficient (Wildman–Crippen LogP) is 1.14. The van der Waals surface area contributed by atoms with Gasteiger partial charge in [0, 0.05) is 13.0 Å². The minimum absolute atomic E-state index is 0.0402. The van der Waals surface area contributed by atoms with Gasteiger partial charge in [0.25, 0.3) is 0 Å². The number of benzene rings is 1. The zero-order valence-electron chi connectivity index (χ0n) is 10.2. The standard InChI is InChI=1S/C13H18N2O2/c1-3-12(16)15-9-13(17)14-8-11-7-5-4-6-10(11)2/h4-7H,3,8-9H2,1-2H3,(H,14,17)(H,15,16). The predicted molar refractivity (Wildman–Crippen MR) is 66.3 cm³/mol. The molecule has 1 aromatic rings. The second kappa shape index (κ2) is 6.68. The summed E-state index contributed by atoms with van der Waals surface area (Å²) in [7, 11) is 0. The highest BCUT2D eigenvalue weighted by Crippen LogP contribution is 2.05. The Balaban J connectivity index is 2.34. The molecule has 17 heavy (non-hydrogen) atoms. The van der Waals surface area contributed by atoms with Crippen molar-refractivity contribution in [3.63, 3.8) is 0 Å². The summed E-state index contributed by atoms with van der Waals surface area (Å²) in [5, 5.41) is 5.30. The van der Waals surface area contributed by atoms with Crippen LogP contribution in [0.5, 0.6) is 0 Å². The Kier molecular flexibility index (Phi) is 5.20. The fraction of sp³-hybridized carbons (Fsp3) is 0.385. The lowest BCUT2D eigenvalue weighted by atomic mass is 10.1. The Hall–Kier alpha value is -1.84. The first-order valence-electron chi connectivity index (χ1n) is 5.71. The zero-order chi connectivity index (χ0) is 12.7. The fourth-order valence-electron chi connectivity index (χ4n) is 1.37. The van der Waals surface area contributed by atoms with Gasteiger partial charge in [0.1, 0.15) is 0 Å². The van der Waals surface area contributed by atoms with E-state index in [2.05, 4.69) is 10.6 Å². The van der Waals surface area contributed by atoms with Gasteiger partial charge in [0.15, 0.2) is 0 Å². The van der Waals surface area contributed by atoms with Crippen molar-refractivity contribution in [3.8, 4) is 0 Å². The van der Waals surface area contributed by atoms with Gasteiger partial charge in [-0.25, -0.2) is 0 Å². The molecule has 1 rings (SSSR count). The van der Waals surface area contributed by atoms with Gasteiger partial charge >= 0.3 is 0 Å². The van der Waals surface area contributed by atoms with Crippen LogP contribution in [0.15, 0.2) is 24.3 Å². The van der Waals surface area contributed by atoms with Crippen molar-refractivity contribution in [1.82, 2.24) is 10.6 Å². The third-order valence-electron chi connectivity index (χ3n) is 2.50.